The first kappa shape index (κ1) is 23.3. The third kappa shape index (κ3) is 7.99. The van der Waals surface area contributed by atoms with Crippen LogP contribution in [0, 0.1) is 12.8 Å². The van der Waals surface area contributed by atoms with Crippen molar-refractivity contribution in [1.29, 1.82) is 0 Å². The van der Waals surface area contributed by atoms with Crippen LogP contribution < -0.4 is 15.4 Å². The third-order valence-electron chi connectivity index (χ3n) is 5.18. The molecule has 0 bridgehead atoms. The zero-order valence-corrected chi connectivity index (χ0v) is 19.2. The average molecular weight is 444 g/mol. The SMILES string of the molecule is CN=C(NCCS(=O)Cc1ccccc1)NCc1ccc(C)cc1OCC1CCOC1. The highest BCUT2D eigenvalue weighted by Crippen LogP contribution is 2.22. The average Bonchev–Trinajstić information content (AvgIpc) is 3.30. The summed E-state index contributed by atoms with van der Waals surface area (Å²) >= 11 is 0. The summed E-state index contributed by atoms with van der Waals surface area (Å²) in [5.74, 6) is 3.20. The van der Waals surface area contributed by atoms with E-state index in [4.69, 9.17) is 9.47 Å². The zero-order chi connectivity index (χ0) is 21.9. The second-order valence-electron chi connectivity index (χ2n) is 7.78. The molecular weight excluding hydrogens is 410 g/mol. The number of nitrogens with one attached hydrogen (secondary N) is 2. The fourth-order valence-electron chi connectivity index (χ4n) is 3.38. The number of nitrogens with zero attached hydrogens (tertiary/aromatic N) is 1. The lowest BCUT2D eigenvalue weighted by molar-refractivity contribution is 0.166. The Hall–Kier alpha value is -2.38. The second kappa shape index (κ2) is 12.5. The molecule has 0 spiro atoms. The van der Waals surface area contributed by atoms with Crippen LogP contribution >= 0.6 is 0 Å². The van der Waals surface area contributed by atoms with Gasteiger partial charge in [-0.15, -0.1) is 0 Å². The second-order valence-corrected chi connectivity index (χ2v) is 9.35. The monoisotopic (exact) mass is 443 g/mol. The first-order valence-corrected chi connectivity index (χ1v) is 12.3. The Morgan fingerprint density at radius 2 is 2.06 bits per heavy atom. The van der Waals surface area contributed by atoms with E-state index in [0.717, 1.165) is 36.5 Å². The molecule has 6 nitrogen and oxygen atoms in total. The van der Waals surface area contributed by atoms with Gasteiger partial charge in [0.1, 0.15) is 5.75 Å². The maximum Gasteiger partial charge on any atom is 0.191 e. The van der Waals surface area contributed by atoms with Crippen molar-refractivity contribution < 1.29 is 13.7 Å². The van der Waals surface area contributed by atoms with Gasteiger partial charge < -0.3 is 20.1 Å². The Bertz CT molecular complexity index is 868. The van der Waals surface area contributed by atoms with E-state index in [0.29, 0.717) is 43.1 Å². The van der Waals surface area contributed by atoms with Crippen LogP contribution in [0.3, 0.4) is 0 Å². The van der Waals surface area contributed by atoms with Crippen molar-refractivity contribution in [2.45, 2.75) is 25.6 Å². The van der Waals surface area contributed by atoms with Crippen molar-refractivity contribution in [3.63, 3.8) is 0 Å². The molecule has 3 rings (SSSR count). The molecule has 7 heteroatoms. The fourth-order valence-corrected chi connectivity index (χ4v) is 4.42. The van der Waals surface area contributed by atoms with Gasteiger partial charge in [-0.2, -0.15) is 0 Å². The van der Waals surface area contributed by atoms with Crippen LogP contribution in [-0.4, -0.2) is 49.3 Å². The highest BCUT2D eigenvalue weighted by atomic mass is 32.2. The first-order chi connectivity index (χ1) is 15.1. The Kier molecular flexibility index (Phi) is 9.37. The quantitative estimate of drug-likeness (QED) is 0.436. The lowest BCUT2D eigenvalue weighted by atomic mass is 10.1. The molecular formula is C24H33N3O3S. The van der Waals surface area contributed by atoms with Gasteiger partial charge >= 0.3 is 0 Å². The van der Waals surface area contributed by atoms with Crippen molar-refractivity contribution in [3.8, 4) is 5.75 Å². The van der Waals surface area contributed by atoms with Gasteiger partial charge in [-0.05, 0) is 30.5 Å². The number of benzene rings is 2. The van der Waals surface area contributed by atoms with Gasteiger partial charge in [0.2, 0.25) is 0 Å². The van der Waals surface area contributed by atoms with Gasteiger partial charge in [0.15, 0.2) is 5.96 Å². The van der Waals surface area contributed by atoms with Gasteiger partial charge in [-0.3, -0.25) is 9.20 Å². The van der Waals surface area contributed by atoms with Gasteiger partial charge in [0.25, 0.3) is 0 Å². The van der Waals surface area contributed by atoms with E-state index >= 15 is 0 Å². The highest BCUT2D eigenvalue weighted by molar-refractivity contribution is 7.84. The summed E-state index contributed by atoms with van der Waals surface area (Å²) in [7, 11) is 0.824. The van der Waals surface area contributed by atoms with Crippen molar-refractivity contribution in [2.75, 3.05) is 39.2 Å². The molecule has 0 aliphatic carbocycles. The topological polar surface area (TPSA) is 72.0 Å². The number of aliphatic imine (C=N–C) groups is 1. The molecule has 2 unspecified atom stereocenters. The normalized spacial score (nSPS) is 17.4. The molecule has 1 saturated heterocycles. The zero-order valence-electron chi connectivity index (χ0n) is 18.4. The molecule has 0 radical (unpaired) electrons. The molecule has 168 valence electrons. The third-order valence-corrected chi connectivity index (χ3v) is 6.50. The number of rotatable bonds is 10. The fraction of sp³-hybridized carbons (Fsp3) is 0.458. The summed E-state index contributed by atoms with van der Waals surface area (Å²) < 4.78 is 23.9. The summed E-state index contributed by atoms with van der Waals surface area (Å²) in [5, 5.41) is 6.58. The van der Waals surface area contributed by atoms with Crippen LogP contribution in [0.5, 0.6) is 5.75 Å². The molecule has 2 atom stereocenters. The highest BCUT2D eigenvalue weighted by Gasteiger charge is 2.17. The van der Waals surface area contributed by atoms with E-state index < -0.39 is 10.8 Å². The summed E-state index contributed by atoms with van der Waals surface area (Å²) in [6.45, 7) is 5.55. The van der Waals surface area contributed by atoms with Crippen LogP contribution in [0.4, 0.5) is 0 Å². The minimum Gasteiger partial charge on any atom is -0.493 e. The molecule has 0 amide bonds. The van der Waals surface area contributed by atoms with Gasteiger partial charge in [0.05, 0.1) is 13.2 Å². The van der Waals surface area contributed by atoms with Crippen LogP contribution in [-0.2, 0) is 27.8 Å². The van der Waals surface area contributed by atoms with Crippen LogP contribution in [0.2, 0.25) is 0 Å². The first-order valence-electron chi connectivity index (χ1n) is 10.8. The van der Waals surface area contributed by atoms with E-state index in [-0.39, 0.29) is 0 Å². The van der Waals surface area contributed by atoms with Crippen LogP contribution in [0.15, 0.2) is 53.5 Å². The van der Waals surface area contributed by atoms with Crippen molar-refractivity contribution >= 4 is 16.8 Å². The smallest absolute Gasteiger partial charge is 0.191 e. The van der Waals surface area contributed by atoms with Gasteiger partial charge in [0, 0.05) is 60.5 Å². The Balaban J connectivity index is 1.44. The predicted octanol–water partition coefficient (Wildman–Crippen LogP) is 3.02. The lowest BCUT2D eigenvalue weighted by Crippen LogP contribution is -2.38. The van der Waals surface area contributed by atoms with E-state index in [2.05, 4.69) is 40.7 Å². The molecule has 1 aliphatic heterocycles. The van der Waals surface area contributed by atoms with E-state index in [1.807, 2.05) is 30.3 Å². The molecule has 0 saturated carbocycles. The number of ether oxygens (including phenoxy) is 2. The van der Waals surface area contributed by atoms with Crippen molar-refractivity contribution in [3.05, 3.63) is 65.2 Å². The molecule has 31 heavy (non-hydrogen) atoms. The summed E-state index contributed by atoms with van der Waals surface area (Å²) in [6.07, 6.45) is 1.06. The number of hydrogen-bond acceptors (Lipinski definition) is 4. The number of aryl methyl sites for hydroxylation is 1. The molecule has 1 aliphatic rings. The molecule has 2 N–H and O–H groups in total. The number of guanidine groups is 1. The molecule has 0 aromatic heterocycles. The standard InChI is InChI=1S/C24H33N3O3S/c1-19-8-9-22(23(14-19)30-17-21-10-12-29-16-21)15-27-24(25-2)26-11-13-31(28)18-20-6-4-3-5-7-20/h3-9,14,21H,10-13,15-18H2,1-2H3,(H2,25,26,27). The molecule has 2 aromatic carbocycles. The molecule has 1 fully saturated rings. The van der Waals surface area contributed by atoms with Crippen molar-refractivity contribution in [2.24, 2.45) is 10.9 Å². The minimum absolute atomic E-state index is 0.465. The summed E-state index contributed by atoms with van der Waals surface area (Å²) in [6, 6.07) is 16.2. The summed E-state index contributed by atoms with van der Waals surface area (Å²) in [4.78, 5) is 4.28. The molecule has 1 heterocycles. The molecule has 2 aromatic rings. The van der Waals surface area contributed by atoms with Gasteiger partial charge in [-0.25, -0.2) is 0 Å². The van der Waals surface area contributed by atoms with Crippen molar-refractivity contribution in [1.82, 2.24) is 10.6 Å². The Morgan fingerprint density at radius 3 is 2.81 bits per heavy atom. The summed E-state index contributed by atoms with van der Waals surface area (Å²) in [5.41, 5.74) is 3.35. The Labute approximate surface area is 187 Å². The largest absolute Gasteiger partial charge is 0.493 e. The number of hydrogen-bond donors (Lipinski definition) is 2. The van der Waals surface area contributed by atoms with E-state index in [1.165, 1.54) is 5.56 Å². The minimum atomic E-state index is -0.915. The van der Waals surface area contributed by atoms with Gasteiger partial charge in [-0.1, -0.05) is 42.5 Å². The maximum absolute atomic E-state index is 12.3. The maximum atomic E-state index is 12.3. The predicted molar refractivity (Wildman–Crippen MR) is 127 cm³/mol. The van der Waals surface area contributed by atoms with Crippen LogP contribution in [0.1, 0.15) is 23.1 Å². The Morgan fingerprint density at radius 1 is 1.23 bits per heavy atom. The van der Waals surface area contributed by atoms with Crippen LogP contribution in [0.25, 0.3) is 0 Å². The van der Waals surface area contributed by atoms with E-state index in [1.54, 1.807) is 7.05 Å². The van der Waals surface area contributed by atoms with E-state index in [9.17, 15) is 4.21 Å². The lowest BCUT2D eigenvalue weighted by Gasteiger charge is -2.17.